The fourth-order valence-electron chi connectivity index (χ4n) is 8.33. The Morgan fingerprint density at radius 2 is 1.55 bits per heavy atom. The second-order valence-electron chi connectivity index (χ2n) is 16.9. The number of anilines is 1. The number of piperazine rings is 1. The third-order valence-electron chi connectivity index (χ3n) is 11.3. The molecule has 0 spiro atoms. The normalized spacial score (nSPS) is 13.2. The fraction of sp³-hybridized carbons (Fsp3) is 0.420. The van der Waals surface area contributed by atoms with E-state index in [4.69, 9.17) is 24.0 Å². The van der Waals surface area contributed by atoms with Gasteiger partial charge in [-0.05, 0) is 101 Å². The van der Waals surface area contributed by atoms with Crippen molar-refractivity contribution in [1.29, 1.82) is 0 Å². The van der Waals surface area contributed by atoms with E-state index in [1.807, 2.05) is 81.9 Å². The number of amides is 1. The molecular formula is C50H63N5O7. The van der Waals surface area contributed by atoms with Crippen LogP contribution in [0.2, 0.25) is 0 Å². The number of unbranched alkanes of at least 4 members (excludes halogenated alkanes) is 3. The number of ether oxygens (including phenoxy) is 4. The quantitative estimate of drug-likeness (QED) is 0.0641. The Kier molecular flexibility index (Phi) is 14.4. The first-order valence-electron chi connectivity index (χ1n) is 22.1. The van der Waals surface area contributed by atoms with E-state index < -0.39 is 5.60 Å². The van der Waals surface area contributed by atoms with E-state index >= 15 is 0 Å². The number of hydrogen-bond acceptors (Lipinski definition) is 9. The van der Waals surface area contributed by atoms with E-state index in [2.05, 4.69) is 52.3 Å². The van der Waals surface area contributed by atoms with Gasteiger partial charge in [0.25, 0.3) is 0 Å². The molecule has 1 fully saturated rings. The van der Waals surface area contributed by atoms with Gasteiger partial charge in [0.2, 0.25) is 0 Å². The average molecular weight is 846 g/mol. The van der Waals surface area contributed by atoms with Gasteiger partial charge in [-0.2, -0.15) is 5.10 Å². The molecule has 330 valence electrons. The first-order chi connectivity index (χ1) is 30.0. The van der Waals surface area contributed by atoms with Crippen molar-refractivity contribution in [2.75, 3.05) is 50.9 Å². The lowest BCUT2D eigenvalue weighted by molar-refractivity contribution is 0.0240. The smallest absolute Gasteiger partial charge is 0.410 e. The number of aromatic nitrogens is 3. The monoisotopic (exact) mass is 845 g/mol. The van der Waals surface area contributed by atoms with Gasteiger partial charge >= 0.3 is 12.1 Å². The summed E-state index contributed by atoms with van der Waals surface area (Å²) in [5, 5.41) is 17.6. The Morgan fingerprint density at radius 3 is 2.31 bits per heavy atom. The van der Waals surface area contributed by atoms with Crippen LogP contribution in [0, 0.1) is 0 Å². The molecule has 0 bridgehead atoms. The van der Waals surface area contributed by atoms with Gasteiger partial charge in [0.05, 0.1) is 18.7 Å². The van der Waals surface area contributed by atoms with Crippen LogP contribution >= 0.6 is 0 Å². The van der Waals surface area contributed by atoms with Crippen molar-refractivity contribution in [1.82, 2.24) is 19.7 Å². The molecule has 12 heteroatoms. The molecule has 62 heavy (non-hydrogen) atoms. The molecule has 1 aliphatic rings. The van der Waals surface area contributed by atoms with Gasteiger partial charge in [-0.3, -0.25) is 4.68 Å². The van der Waals surface area contributed by atoms with E-state index in [1.165, 1.54) is 0 Å². The van der Waals surface area contributed by atoms with Gasteiger partial charge in [-0.15, -0.1) is 0 Å². The minimum absolute atomic E-state index is 0. The minimum Gasteiger partial charge on any atom is -0.493 e. The lowest BCUT2D eigenvalue weighted by Gasteiger charge is -2.36. The van der Waals surface area contributed by atoms with Crippen LogP contribution in [0.4, 0.5) is 10.5 Å². The van der Waals surface area contributed by atoms with E-state index in [0.717, 1.165) is 99.0 Å². The zero-order chi connectivity index (χ0) is 43.6. The van der Waals surface area contributed by atoms with Crippen LogP contribution in [0.15, 0.2) is 84.9 Å². The number of nitrogens with one attached hydrogen (secondary N) is 1. The number of esters is 1. The molecule has 1 amide bonds. The lowest BCUT2D eigenvalue weighted by atomic mass is 9.96. The lowest BCUT2D eigenvalue weighted by Crippen LogP contribution is -2.50. The molecule has 1 aliphatic heterocycles. The molecule has 0 saturated carbocycles. The number of rotatable bonds is 18. The molecule has 0 aliphatic carbocycles. The summed E-state index contributed by atoms with van der Waals surface area (Å²) in [6.45, 7) is 11.3. The number of aliphatic hydroxyl groups is 1. The standard InChI is InChI=1S/C50H61N5O7.H2/c1-6-59-48(57)47-40(21-15-33-60-44-23-13-17-35-16-10-11-18-38(35)44)39-19-14-20-41(46(39)51-47)45-42(52-53(5)43(45)22-9-7-8-12-32-56)34-61-37-26-24-36(25-27-37)54-28-30-55(31-29-54)49(58)62-50(2,3)4;/h10-11,13-14,16-20,23-27,51,56H,6-9,12,15,21-22,28-34H2,1-5H3;1H. The summed E-state index contributed by atoms with van der Waals surface area (Å²) in [5.41, 5.74) is 6.57. The van der Waals surface area contributed by atoms with Crippen molar-refractivity contribution in [3.8, 4) is 22.6 Å². The van der Waals surface area contributed by atoms with Crippen LogP contribution in [0.5, 0.6) is 11.5 Å². The van der Waals surface area contributed by atoms with Gasteiger partial charge in [-0.1, -0.05) is 67.4 Å². The minimum atomic E-state index is -0.523. The number of aryl methyl sites for hydroxylation is 2. The SMILES string of the molecule is CCOC(=O)c1[nH]c2c(-c3c(COc4ccc(N5CCN(C(=O)OC(C)(C)C)CC5)cc4)nn(C)c3CCCCCCO)cccc2c1CCCOc1cccc2ccccc12.[HH]. The maximum Gasteiger partial charge on any atom is 0.410 e. The van der Waals surface area contributed by atoms with Crippen molar-refractivity contribution in [3.63, 3.8) is 0 Å². The fourth-order valence-corrected chi connectivity index (χ4v) is 8.33. The predicted molar refractivity (Wildman–Crippen MR) is 246 cm³/mol. The number of hydrogen-bond donors (Lipinski definition) is 2. The first-order valence-corrected chi connectivity index (χ1v) is 22.1. The largest absolute Gasteiger partial charge is 0.493 e. The van der Waals surface area contributed by atoms with Crippen molar-refractivity contribution in [3.05, 3.63) is 108 Å². The Morgan fingerprint density at radius 1 is 0.823 bits per heavy atom. The second-order valence-corrected chi connectivity index (χ2v) is 16.9. The summed E-state index contributed by atoms with van der Waals surface area (Å²) >= 11 is 0. The third-order valence-corrected chi connectivity index (χ3v) is 11.3. The van der Waals surface area contributed by atoms with Gasteiger partial charge < -0.3 is 38.8 Å². The van der Waals surface area contributed by atoms with Crippen molar-refractivity contribution < 1.29 is 35.1 Å². The van der Waals surface area contributed by atoms with E-state index in [9.17, 15) is 14.7 Å². The van der Waals surface area contributed by atoms with Crippen LogP contribution < -0.4 is 14.4 Å². The Balaban J connectivity index is 0.00000661. The maximum absolute atomic E-state index is 13.6. The highest BCUT2D eigenvalue weighted by molar-refractivity contribution is 6.04. The van der Waals surface area contributed by atoms with Crippen LogP contribution in [-0.4, -0.2) is 88.4 Å². The first kappa shape index (κ1) is 44.1. The number of benzene rings is 4. The molecule has 0 unspecified atom stereocenters. The number of aliphatic hydroxyl groups excluding tert-OH is 1. The Labute approximate surface area is 366 Å². The molecule has 2 N–H and O–H groups in total. The van der Waals surface area contributed by atoms with Gasteiger partial charge in [0.15, 0.2) is 0 Å². The number of fused-ring (bicyclic) bond motifs is 2. The van der Waals surface area contributed by atoms with Crippen LogP contribution in [-0.2, 0) is 36.0 Å². The number of aromatic amines is 1. The highest BCUT2D eigenvalue weighted by Gasteiger charge is 2.27. The van der Waals surface area contributed by atoms with Crippen LogP contribution in [0.3, 0.4) is 0 Å². The summed E-state index contributed by atoms with van der Waals surface area (Å²) < 4.78 is 25.9. The maximum atomic E-state index is 13.6. The van der Waals surface area contributed by atoms with Crippen molar-refractivity contribution in [2.24, 2.45) is 7.05 Å². The molecule has 7 rings (SSSR count). The third kappa shape index (κ3) is 10.5. The van der Waals surface area contributed by atoms with Crippen LogP contribution in [0.1, 0.15) is 88.7 Å². The summed E-state index contributed by atoms with van der Waals surface area (Å²) in [6.07, 6.45) is 5.49. The number of H-pyrrole nitrogens is 1. The molecule has 12 nitrogen and oxygen atoms in total. The molecule has 6 aromatic rings. The van der Waals surface area contributed by atoms with Crippen molar-refractivity contribution >= 4 is 39.4 Å². The summed E-state index contributed by atoms with van der Waals surface area (Å²) in [7, 11) is 1.98. The molecule has 3 heterocycles. The van der Waals surface area contributed by atoms with Gasteiger partial charge in [0.1, 0.15) is 35.1 Å². The van der Waals surface area contributed by atoms with E-state index in [0.29, 0.717) is 51.3 Å². The van der Waals surface area contributed by atoms with Gasteiger partial charge in [0, 0.05) is 74.5 Å². The summed E-state index contributed by atoms with van der Waals surface area (Å²) in [6, 6.07) is 28.6. The number of carbonyl (C=O) groups excluding carboxylic acids is 2. The Hall–Kier alpha value is -6.01. The highest BCUT2D eigenvalue weighted by atomic mass is 16.6. The zero-order valence-corrected chi connectivity index (χ0v) is 36.9. The van der Waals surface area contributed by atoms with E-state index in [1.54, 1.807) is 4.90 Å². The van der Waals surface area contributed by atoms with Crippen LogP contribution in [0.25, 0.3) is 32.8 Å². The number of para-hydroxylation sites is 1. The summed E-state index contributed by atoms with van der Waals surface area (Å²) in [4.78, 5) is 33.7. The molecular weight excluding hydrogens is 783 g/mol. The predicted octanol–water partition coefficient (Wildman–Crippen LogP) is 9.89. The molecule has 2 aromatic heterocycles. The molecule has 1 saturated heterocycles. The number of carbonyl (C=O) groups is 2. The molecule has 0 radical (unpaired) electrons. The molecule has 0 atom stereocenters. The zero-order valence-electron chi connectivity index (χ0n) is 36.9. The van der Waals surface area contributed by atoms with Gasteiger partial charge in [-0.25, -0.2) is 9.59 Å². The highest BCUT2D eigenvalue weighted by Crippen LogP contribution is 2.38. The van der Waals surface area contributed by atoms with E-state index in [-0.39, 0.29) is 33.3 Å². The Bertz CT molecular complexity index is 2440. The second kappa shape index (κ2) is 20.2. The average Bonchev–Trinajstić information content (AvgIpc) is 3.80. The van der Waals surface area contributed by atoms with Crippen molar-refractivity contribution in [2.45, 2.75) is 84.8 Å². The number of nitrogens with zero attached hydrogens (tertiary/aromatic N) is 4. The summed E-state index contributed by atoms with van der Waals surface area (Å²) in [5.74, 6) is 1.18. The topological polar surface area (TPSA) is 131 Å². The molecule has 4 aromatic carbocycles.